The van der Waals surface area contributed by atoms with Crippen LogP contribution in [0.2, 0.25) is 16.6 Å². The van der Waals surface area contributed by atoms with E-state index in [1.54, 1.807) is 18.3 Å². The number of fused-ring (bicyclic) bond motifs is 1. The maximum absolute atomic E-state index is 14.8. The number of nitrogens with zero attached hydrogens (tertiary/aromatic N) is 4. The molecule has 0 saturated carbocycles. The van der Waals surface area contributed by atoms with Gasteiger partial charge in [0, 0.05) is 11.1 Å². The van der Waals surface area contributed by atoms with Crippen molar-refractivity contribution in [2.45, 2.75) is 89.1 Å². The van der Waals surface area contributed by atoms with Crippen molar-refractivity contribution in [2.24, 2.45) is 5.11 Å². The molecule has 0 fully saturated rings. The predicted molar refractivity (Wildman–Crippen MR) is 129 cm³/mol. The molecule has 0 N–H and O–H groups in total. The SMILES string of the molecule is CC(C)[Si](O[C@@H]1CC[C@@H](c2cccc(F)c2F)[C@@H](N=[N+]=[N-])c2cccnc21)(C(C)C)C(C)C. The first-order chi connectivity index (χ1) is 15.6. The van der Waals surface area contributed by atoms with Crippen LogP contribution < -0.4 is 0 Å². The van der Waals surface area contributed by atoms with E-state index >= 15 is 0 Å². The summed E-state index contributed by atoms with van der Waals surface area (Å²) in [6, 6.07) is 7.15. The molecule has 0 amide bonds. The van der Waals surface area contributed by atoms with Crippen molar-refractivity contribution in [3.05, 3.63) is 75.4 Å². The minimum Gasteiger partial charge on any atom is -0.408 e. The lowest BCUT2D eigenvalue weighted by molar-refractivity contribution is 0.159. The van der Waals surface area contributed by atoms with Crippen molar-refractivity contribution < 1.29 is 13.2 Å². The number of hydrogen-bond donors (Lipinski definition) is 0. The van der Waals surface area contributed by atoms with E-state index in [-0.39, 0.29) is 11.7 Å². The molecule has 0 spiro atoms. The molecular weight excluding hydrogens is 438 g/mol. The summed E-state index contributed by atoms with van der Waals surface area (Å²) >= 11 is 0. The summed E-state index contributed by atoms with van der Waals surface area (Å²) in [5.41, 5.74) is 12.2. The van der Waals surface area contributed by atoms with Gasteiger partial charge in [0.15, 0.2) is 11.6 Å². The van der Waals surface area contributed by atoms with Gasteiger partial charge in [-0.2, -0.15) is 0 Å². The molecule has 1 heterocycles. The van der Waals surface area contributed by atoms with Gasteiger partial charge < -0.3 is 4.43 Å². The number of hydrogen-bond acceptors (Lipinski definition) is 3. The van der Waals surface area contributed by atoms with Crippen LogP contribution >= 0.6 is 0 Å². The van der Waals surface area contributed by atoms with E-state index < -0.39 is 31.9 Å². The molecule has 0 radical (unpaired) electrons. The predicted octanol–water partition coefficient (Wildman–Crippen LogP) is 8.52. The zero-order valence-electron chi connectivity index (χ0n) is 20.3. The Morgan fingerprint density at radius 3 is 2.24 bits per heavy atom. The van der Waals surface area contributed by atoms with Crippen LogP contribution in [0.1, 0.15) is 89.3 Å². The van der Waals surface area contributed by atoms with Crippen LogP contribution in [0.4, 0.5) is 8.78 Å². The highest BCUT2D eigenvalue weighted by molar-refractivity contribution is 6.77. The van der Waals surface area contributed by atoms with Crippen molar-refractivity contribution in [3.63, 3.8) is 0 Å². The maximum Gasteiger partial charge on any atom is 0.201 e. The minimum atomic E-state index is -2.25. The Kier molecular flexibility index (Phi) is 7.93. The zero-order valence-corrected chi connectivity index (χ0v) is 21.3. The highest BCUT2D eigenvalue weighted by atomic mass is 28.4. The summed E-state index contributed by atoms with van der Waals surface area (Å²) in [5.74, 6) is -2.30. The van der Waals surface area contributed by atoms with Gasteiger partial charge in [-0.1, -0.05) is 64.9 Å². The largest absolute Gasteiger partial charge is 0.408 e. The van der Waals surface area contributed by atoms with Gasteiger partial charge in [-0.25, -0.2) is 8.78 Å². The molecule has 1 aromatic carbocycles. The van der Waals surface area contributed by atoms with Gasteiger partial charge >= 0.3 is 0 Å². The fourth-order valence-corrected chi connectivity index (χ4v) is 11.4. The average molecular weight is 473 g/mol. The smallest absolute Gasteiger partial charge is 0.201 e. The Morgan fingerprint density at radius 1 is 1.00 bits per heavy atom. The lowest BCUT2D eigenvalue weighted by Crippen LogP contribution is -2.48. The number of aromatic nitrogens is 1. The Bertz CT molecular complexity index is 1000. The average Bonchev–Trinajstić information content (AvgIpc) is 2.91. The lowest BCUT2D eigenvalue weighted by atomic mass is 9.86. The van der Waals surface area contributed by atoms with Crippen LogP contribution in [0, 0.1) is 11.6 Å². The fraction of sp³-hybridized carbons (Fsp3) is 0.560. The van der Waals surface area contributed by atoms with Gasteiger partial charge in [0.25, 0.3) is 0 Å². The molecule has 0 aliphatic heterocycles. The van der Waals surface area contributed by atoms with Crippen LogP contribution in [0.3, 0.4) is 0 Å². The Balaban J connectivity index is 2.15. The molecule has 0 bridgehead atoms. The number of azide groups is 1. The maximum atomic E-state index is 14.8. The summed E-state index contributed by atoms with van der Waals surface area (Å²) in [4.78, 5) is 7.73. The van der Waals surface area contributed by atoms with E-state index in [1.165, 1.54) is 6.07 Å². The molecule has 0 saturated heterocycles. The molecule has 8 heteroatoms. The Hall–Kier alpha value is -2.28. The molecule has 33 heavy (non-hydrogen) atoms. The third kappa shape index (κ3) is 4.70. The van der Waals surface area contributed by atoms with E-state index in [4.69, 9.17) is 4.43 Å². The zero-order chi connectivity index (χ0) is 24.3. The van der Waals surface area contributed by atoms with E-state index in [1.807, 2.05) is 6.07 Å². The van der Waals surface area contributed by atoms with Gasteiger partial charge in [-0.3, -0.25) is 4.98 Å². The fourth-order valence-electron chi connectivity index (χ4n) is 5.89. The first-order valence-corrected chi connectivity index (χ1v) is 13.9. The molecule has 3 atom stereocenters. The van der Waals surface area contributed by atoms with Crippen LogP contribution in [0.5, 0.6) is 0 Å². The van der Waals surface area contributed by atoms with Crippen molar-refractivity contribution >= 4 is 8.32 Å². The van der Waals surface area contributed by atoms with Crippen molar-refractivity contribution in [3.8, 4) is 0 Å². The number of halogens is 2. The van der Waals surface area contributed by atoms with Crippen LogP contribution in [0.25, 0.3) is 10.4 Å². The molecule has 2 aromatic rings. The van der Waals surface area contributed by atoms with Crippen LogP contribution in [-0.4, -0.2) is 13.3 Å². The van der Waals surface area contributed by atoms with E-state index in [0.29, 0.717) is 29.5 Å². The second kappa shape index (κ2) is 10.3. The summed E-state index contributed by atoms with van der Waals surface area (Å²) in [7, 11) is -2.25. The van der Waals surface area contributed by atoms with Gasteiger partial charge in [-0.05, 0) is 64.2 Å². The first-order valence-electron chi connectivity index (χ1n) is 11.8. The first kappa shape index (κ1) is 25.3. The highest BCUT2D eigenvalue weighted by Crippen LogP contribution is 2.50. The van der Waals surface area contributed by atoms with E-state index in [9.17, 15) is 14.3 Å². The second-order valence-electron chi connectivity index (χ2n) is 9.88. The standard InChI is InChI=1S/C25H34F2N4OSi/c1-15(2)33(16(3)4,17(5)6)32-22-13-12-19(18-9-7-11-21(26)23(18)27)24(30-31-28)20-10-8-14-29-25(20)22/h7-11,14-17,19,22,24H,12-13H2,1-6H3/t19-,22+,24+/m0/s1. The molecule has 5 nitrogen and oxygen atoms in total. The highest BCUT2D eigenvalue weighted by Gasteiger charge is 2.48. The van der Waals surface area contributed by atoms with E-state index in [2.05, 4.69) is 56.6 Å². The molecule has 3 rings (SSSR count). The molecule has 1 aliphatic carbocycles. The minimum absolute atomic E-state index is 0.225. The van der Waals surface area contributed by atoms with Crippen molar-refractivity contribution in [1.82, 2.24) is 4.98 Å². The number of pyridine rings is 1. The van der Waals surface area contributed by atoms with Gasteiger partial charge in [0.2, 0.25) is 8.32 Å². The third-order valence-electron chi connectivity index (χ3n) is 7.23. The Morgan fingerprint density at radius 2 is 1.64 bits per heavy atom. The molecule has 0 unspecified atom stereocenters. The van der Waals surface area contributed by atoms with Gasteiger partial charge in [0.05, 0.1) is 17.8 Å². The van der Waals surface area contributed by atoms with Gasteiger partial charge in [-0.15, -0.1) is 0 Å². The Labute approximate surface area is 196 Å². The van der Waals surface area contributed by atoms with Crippen molar-refractivity contribution in [1.29, 1.82) is 0 Å². The summed E-state index contributed by atoms with van der Waals surface area (Å²) in [6.07, 6.45) is 2.50. The second-order valence-corrected chi connectivity index (χ2v) is 15.3. The van der Waals surface area contributed by atoms with Gasteiger partial charge in [0.1, 0.15) is 0 Å². The normalized spacial score (nSPS) is 21.1. The molecular formula is C25H34F2N4OSi. The van der Waals surface area contributed by atoms with Crippen molar-refractivity contribution in [2.75, 3.05) is 0 Å². The molecule has 178 valence electrons. The van der Waals surface area contributed by atoms with Crippen LogP contribution in [0.15, 0.2) is 41.6 Å². The monoisotopic (exact) mass is 472 g/mol. The summed E-state index contributed by atoms with van der Waals surface area (Å²) < 4.78 is 36.1. The topological polar surface area (TPSA) is 70.9 Å². The summed E-state index contributed by atoms with van der Waals surface area (Å²) in [6.45, 7) is 13.4. The quantitative estimate of drug-likeness (QED) is 0.133. The third-order valence-corrected chi connectivity index (χ3v) is 13.3. The molecule has 1 aliphatic rings. The van der Waals surface area contributed by atoms with E-state index in [0.717, 1.165) is 17.3 Å². The lowest BCUT2D eigenvalue weighted by Gasteiger charge is -2.44. The number of rotatable bonds is 7. The molecule has 1 aromatic heterocycles. The summed E-state index contributed by atoms with van der Waals surface area (Å²) in [5, 5.41) is 4.06. The van der Waals surface area contributed by atoms with Crippen LogP contribution in [-0.2, 0) is 4.43 Å². The number of benzene rings is 1.